The molecule has 0 unspecified atom stereocenters. The van der Waals surface area contributed by atoms with Crippen LogP contribution < -0.4 is 10.1 Å². The molecule has 2 aromatic rings. The molecule has 0 radical (unpaired) electrons. The summed E-state index contributed by atoms with van der Waals surface area (Å²) in [6.45, 7) is 2.10. The smallest absolute Gasteiger partial charge is 0.224 e. The van der Waals surface area contributed by atoms with Crippen LogP contribution in [0.3, 0.4) is 0 Å². The minimum atomic E-state index is -0.0457. The van der Waals surface area contributed by atoms with Gasteiger partial charge in [-0.1, -0.05) is 48.5 Å². The molecule has 1 N–H and O–H groups in total. The Labute approximate surface area is 149 Å². The van der Waals surface area contributed by atoms with Crippen molar-refractivity contribution in [1.29, 1.82) is 0 Å². The van der Waals surface area contributed by atoms with Crippen LogP contribution in [0.25, 0.3) is 0 Å². The number of methoxy groups -OCH3 is 1. The molecule has 0 spiro atoms. The van der Waals surface area contributed by atoms with Gasteiger partial charge in [-0.15, -0.1) is 0 Å². The molecule has 1 saturated heterocycles. The fourth-order valence-electron chi connectivity index (χ4n) is 3.47. The Morgan fingerprint density at radius 3 is 2.48 bits per heavy atom. The molecule has 0 saturated carbocycles. The van der Waals surface area contributed by atoms with E-state index in [0.29, 0.717) is 13.0 Å². The number of amides is 1. The molecule has 1 aliphatic heterocycles. The second-order valence-corrected chi connectivity index (χ2v) is 6.52. The molecule has 25 heavy (non-hydrogen) atoms. The van der Waals surface area contributed by atoms with Crippen LogP contribution in [-0.4, -0.2) is 32.8 Å². The second-order valence-electron chi connectivity index (χ2n) is 6.52. The highest BCUT2D eigenvalue weighted by Gasteiger charge is 2.34. The summed E-state index contributed by atoms with van der Waals surface area (Å²) in [7, 11) is 1.63. The summed E-state index contributed by atoms with van der Waals surface area (Å²) in [5.74, 6) is 0.771. The third kappa shape index (κ3) is 4.20. The maximum absolute atomic E-state index is 12.5. The van der Waals surface area contributed by atoms with Crippen molar-refractivity contribution in [3.05, 3.63) is 65.7 Å². The van der Waals surface area contributed by atoms with Gasteiger partial charge in [0.15, 0.2) is 0 Å². The van der Waals surface area contributed by atoms with Gasteiger partial charge in [-0.3, -0.25) is 4.79 Å². The zero-order valence-corrected chi connectivity index (χ0v) is 14.7. The third-order valence-corrected chi connectivity index (χ3v) is 5.00. The van der Waals surface area contributed by atoms with E-state index in [0.717, 1.165) is 37.4 Å². The number of hydrogen-bond donors (Lipinski definition) is 1. The van der Waals surface area contributed by atoms with Crippen LogP contribution >= 0.6 is 0 Å². The Morgan fingerprint density at radius 2 is 1.76 bits per heavy atom. The summed E-state index contributed by atoms with van der Waals surface area (Å²) < 4.78 is 10.9. The first-order chi connectivity index (χ1) is 12.2. The van der Waals surface area contributed by atoms with Crippen molar-refractivity contribution < 1.29 is 14.3 Å². The lowest BCUT2D eigenvalue weighted by molar-refractivity contribution is -0.121. The van der Waals surface area contributed by atoms with E-state index in [-0.39, 0.29) is 11.3 Å². The number of hydrogen-bond acceptors (Lipinski definition) is 3. The number of nitrogens with one attached hydrogen (secondary N) is 1. The molecule has 1 aliphatic rings. The average molecular weight is 339 g/mol. The Morgan fingerprint density at radius 1 is 1.08 bits per heavy atom. The van der Waals surface area contributed by atoms with E-state index in [1.807, 2.05) is 30.3 Å². The van der Waals surface area contributed by atoms with E-state index >= 15 is 0 Å². The van der Waals surface area contributed by atoms with E-state index in [4.69, 9.17) is 9.47 Å². The highest BCUT2D eigenvalue weighted by atomic mass is 16.5. The second kappa shape index (κ2) is 8.17. The molecule has 0 bridgehead atoms. The van der Waals surface area contributed by atoms with Gasteiger partial charge in [-0.05, 0) is 24.5 Å². The molecule has 4 heteroatoms. The fourth-order valence-corrected chi connectivity index (χ4v) is 3.47. The quantitative estimate of drug-likeness (QED) is 0.880. The monoisotopic (exact) mass is 339 g/mol. The summed E-state index contributed by atoms with van der Waals surface area (Å²) in [4.78, 5) is 12.5. The van der Waals surface area contributed by atoms with Crippen LogP contribution in [0.2, 0.25) is 0 Å². The van der Waals surface area contributed by atoms with Crippen molar-refractivity contribution in [1.82, 2.24) is 5.32 Å². The highest BCUT2D eigenvalue weighted by Crippen LogP contribution is 2.34. The first kappa shape index (κ1) is 17.5. The van der Waals surface area contributed by atoms with Gasteiger partial charge in [0.2, 0.25) is 5.91 Å². The Hall–Kier alpha value is -2.33. The van der Waals surface area contributed by atoms with Crippen molar-refractivity contribution >= 4 is 5.91 Å². The Balaban J connectivity index is 1.68. The first-order valence-corrected chi connectivity index (χ1v) is 8.75. The summed E-state index contributed by atoms with van der Waals surface area (Å²) >= 11 is 0. The normalized spacial score (nSPS) is 16.2. The molecule has 1 fully saturated rings. The third-order valence-electron chi connectivity index (χ3n) is 5.00. The molecule has 132 valence electrons. The summed E-state index contributed by atoms with van der Waals surface area (Å²) in [5.41, 5.74) is 2.13. The molecule has 0 aromatic heterocycles. The van der Waals surface area contributed by atoms with Crippen molar-refractivity contribution in [2.24, 2.45) is 0 Å². The number of carbonyl (C=O) groups is 1. The van der Waals surface area contributed by atoms with Gasteiger partial charge in [0.05, 0.1) is 13.5 Å². The standard InChI is InChI=1S/C21H25NO3/c1-24-19-10-6-5-7-17(19)15-20(23)22-16-21(11-13-25-14-12-21)18-8-3-2-4-9-18/h2-10H,11-16H2,1H3,(H,22,23). The van der Waals surface area contributed by atoms with Gasteiger partial charge >= 0.3 is 0 Å². The van der Waals surface area contributed by atoms with Gasteiger partial charge in [-0.2, -0.15) is 0 Å². The van der Waals surface area contributed by atoms with Crippen molar-refractivity contribution in [2.75, 3.05) is 26.9 Å². The van der Waals surface area contributed by atoms with Gasteiger partial charge in [-0.25, -0.2) is 0 Å². The fraction of sp³-hybridized carbons (Fsp3) is 0.381. The lowest BCUT2D eigenvalue weighted by Crippen LogP contribution is -2.45. The van der Waals surface area contributed by atoms with Crippen LogP contribution in [0, 0.1) is 0 Å². The molecule has 1 amide bonds. The van der Waals surface area contributed by atoms with Crippen LogP contribution in [-0.2, 0) is 21.4 Å². The van der Waals surface area contributed by atoms with Crippen molar-refractivity contribution in [2.45, 2.75) is 24.7 Å². The molecule has 4 nitrogen and oxygen atoms in total. The molecule has 1 heterocycles. The van der Waals surface area contributed by atoms with Gasteiger partial charge in [0.1, 0.15) is 5.75 Å². The van der Waals surface area contributed by atoms with Crippen molar-refractivity contribution in [3.63, 3.8) is 0 Å². The zero-order chi connectivity index (χ0) is 17.5. The summed E-state index contributed by atoms with van der Waals surface area (Å²) in [5, 5.41) is 3.14. The van der Waals surface area contributed by atoms with Crippen LogP contribution in [0.5, 0.6) is 5.75 Å². The average Bonchev–Trinajstić information content (AvgIpc) is 2.68. The lowest BCUT2D eigenvalue weighted by Gasteiger charge is -2.38. The summed E-state index contributed by atoms with van der Waals surface area (Å²) in [6.07, 6.45) is 2.17. The molecule has 0 atom stereocenters. The minimum absolute atomic E-state index is 0.0197. The zero-order valence-electron chi connectivity index (χ0n) is 14.7. The molecular weight excluding hydrogens is 314 g/mol. The van der Waals surface area contributed by atoms with Gasteiger partial charge < -0.3 is 14.8 Å². The Kier molecular flexibility index (Phi) is 5.71. The van der Waals surface area contributed by atoms with E-state index in [1.165, 1.54) is 5.56 Å². The maximum atomic E-state index is 12.5. The minimum Gasteiger partial charge on any atom is -0.496 e. The van der Waals surface area contributed by atoms with E-state index in [2.05, 4.69) is 29.6 Å². The number of benzene rings is 2. The van der Waals surface area contributed by atoms with Crippen LogP contribution in [0.4, 0.5) is 0 Å². The maximum Gasteiger partial charge on any atom is 0.224 e. The number of carbonyl (C=O) groups excluding carboxylic acids is 1. The van der Waals surface area contributed by atoms with E-state index < -0.39 is 0 Å². The predicted octanol–water partition coefficient (Wildman–Crippen LogP) is 3.10. The van der Waals surface area contributed by atoms with Gasteiger partial charge in [0, 0.05) is 30.7 Å². The molecule has 3 rings (SSSR count). The predicted molar refractivity (Wildman–Crippen MR) is 97.9 cm³/mol. The molecule has 0 aliphatic carbocycles. The Bertz CT molecular complexity index is 693. The van der Waals surface area contributed by atoms with Crippen LogP contribution in [0.1, 0.15) is 24.0 Å². The van der Waals surface area contributed by atoms with E-state index in [9.17, 15) is 4.79 Å². The summed E-state index contributed by atoms with van der Waals surface area (Å²) in [6, 6.07) is 18.1. The topological polar surface area (TPSA) is 47.6 Å². The highest BCUT2D eigenvalue weighted by molar-refractivity contribution is 5.79. The number of para-hydroxylation sites is 1. The SMILES string of the molecule is COc1ccccc1CC(=O)NCC1(c2ccccc2)CCOCC1. The van der Waals surface area contributed by atoms with Crippen molar-refractivity contribution in [3.8, 4) is 5.75 Å². The van der Waals surface area contributed by atoms with Crippen LogP contribution in [0.15, 0.2) is 54.6 Å². The molecular formula is C21H25NO3. The lowest BCUT2D eigenvalue weighted by atomic mass is 9.74. The molecule has 2 aromatic carbocycles. The number of rotatable bonds is 6. The largest absolute Gasteiger partial charge is 0.496 e. The van der Waals surface area contributed by atoms with Gasteiger partial charge in [0.25, 0.3) is 0 Å². The first-order valence-electron chi connectivity index (χ1n) is 8.75. The van der Waals surface area contributed by atoms with E-state index in [1.54, 1.807) is 7.11 Å². The number of ether oxygens (including phenoxy) is 2.